The fraction of sp³-hybridized carbons (Fsp3) is 0.429. The number of nitro benzene ring substituents is 1. The number of rotatable bonds is 7. The molecule has 9 nitrogen and oxygen atoms in total. The van der Waals surface area contributed by atoms with Gasteiger partial charge in [-0.15, -0.1) is 0 Å². The van der Waals surface area contributed by atoms with Gasteiger partial charge in [-0.2, -0.15) is 0 Å². The molecule has 0 fully saturated rings. The molecule has 0 heterocycles. The molecular formula is C14H16FNO8. The Labute approximate surface area is 135 Å². The van der Waals surface area contributed by atoms with Gasteiger partial charge < -0.3 is 19.7 Å². The summed E-state index contributed by atoms with van der Waals surface area (Å²) in [5.74, 6) is -3.13. The van der Waals surface area contributed by atoms with E-state index in [2.05, 4.69) is 9.47 Å². The fourth-order valence-electron chi connectivity index (χ4n) is 1.94. The zero-order valence-electron chi connectivity index (χ0n) is 12.9. The number of aliphatic hydroxyl groups is 2. The number of benzene rings is 1. The van der Waals surface area contributed by atoms with Crippen LogP contribution in [0, 0.1) is 15.9 Å². The van der Waals surface area contributed by atoms with Gasteiger partial charge in [-0.25, -0.2) is 9.18 Å². The van der Waals surface area contributed by atoms with Gasteiger partial charge >= 0.3 is 11.9 Å². The molecule has 0 saturated carbocycles. The molecule has 1 aromatic rings. The van der Waals surface area contributed by atoms with Crippen LogP contribution in [0.1, 0.15) is 35.4 Å². The minimum absolute atomic E-state index is 0.0509. The zero-order chi connectivity index (χ0) is 18.4. The van der Waals surface area contributed by atoms with Gasteiger partial charge in [0.1, 0.15) is 17.5 Å². The molecule has 2 atom stereocenters. The van der Waals surface area contributed by atoms with E-state index >= 15 is 0 Å². The predicted molar refractivity (Wildman–Crippen MR) is 76.6 cm³/mol. The van der Waals surface area contributed by atoms with Crippen LogP contribution in [0.25, 0.3) is 0 Å². The van der Waals surface area contributed by atoms with Gasteiger partial charge in [0.15, 0.2) is 0 Å². The van der Waals surface area contributed by atoms with Crippen LogP contribution < -0.4 is 0 Å². The van der Waals surface area contributed by atoms with Gasteiger partial charge in [0.2, 0.25) is 0 Å². The van der Waals surface area contributed by atoms with Crippen LogP contribution in [-0.4, -0.2) is 46.9 Å². The summed E-state index contributed by atoms with van der Waals surface area (Å²) in [6.45, 7) is 1.59. The minimum atomic E-state index is -1.93. The third-order valence-corrected chi connectivity index (χ3v) is 3.08. The Bertz CT molecular complexity index is 648. The second-order valence-corrected chi connectivity index (χ2v) is 4.66. The molecular weight excluding hydrogens is 329 g/mol. The summed E-state index contributed by atoms with van der Waals surface area (Å²) >= 11 is 0. The van der Waals surface area contributed by atoms with E-state index in [0.717, 1.165) is 7.11 Å². The summed E-state index contributed by atoms with van der Waals surface area (Å²) in [7, 11) is 0.968. The van der Waals surface area contributed by atoms with Crippen LogP contribution >= 0.6 is 0 Å². The molecule has 0 aliphatic rings. The number of hydrogen-bond acceptors (Lipinski definition) is 8. The number of nitrogens with zero attached hydrogens (tertiary/aromatic N) is 1. The first-order valence-corrected chi connectivity index (χ1v) is 6.80. The second kappa shape index (κ2) is 8.31. The lowest BCUT2D eigenvalue weighted by atomic mass is 9.99. The predicted octanol–water partition coefficient (Wildman–Crippen LogP) is 0.868. The Morgan fingerprint density at radius 1 is 1.38 bits per heavy atom. The summed E-state index contributed by atoms with van der Waals surface area (Å²) in [5.41, 5.74) is -2.08. The summed E-state index contributed by atoms with van der Waals surface area (Å²) in [6.07, 6.45) is -4.32. The van der Waals surface area contributed by atoms with E-state index < -0.39 is 58.1 Å². The van der Waals surface area contributed by atoms with Crippen molar-refractivity contribution >= 4 is 17.6 Å². The number of ether oxygens (including phenoxy) is 2. The van der Waals surface area contributed by atoms with E-state index in [4.69, 9.17) is 0 Å². The number of carbonyl (C=O) groups is 2. The van der Waals surface area contributed by atoms with Crippen molar-refractivity contribution < 1.29 is 38.6 Å². The molecule has 2 N–H and O–H groups in total. The van der Waals surface area contributed by atoms with E-state index in [1.54, 1.807) is 0 Å². The van der Waals surface area contributed by atoms with Crippen molar-refractivity contribution in [3.63, 3.8) is 0 Å². The van der Waals surface area contributed by atoms with Gasteiger partial charge in [0, 0.05) is 11.6 Å². The van der Waals surface area contributed by atoms with Crippen LogP contribution in [0.3, 0.4) is 0 Å². The molecule has 0 bridgehead atoms. The van der Waals surface area contributed by atoms with Gasteiger partial charge in [0.25, 0.3) is 5.69 Å². The van der Waals surface area contributed by atoms with E-state index in [1.807, 2.05) is 0 Å². The highest BCUT2D eigenvalue weighted by Crippen LogP contribution is 2.29. The summed E-state index contributed by atoms with van der Waals surface area (Å²) in [4.78, 5) is 32.8. The summed E-state index contributed by atoms with van der Waals surface area (Å²) in [5, 5.41) is 30.7. The summed E-state index contributed by atoms with van der Waals surface area (Å²) in [6, 6.07) is 1.14. The van der Waals surface area contributed by atoms with Crippen molar-refractivity contribution in [1.82, 2.24) is 0 Å². The van der Waals surface area contributed by atoms with Gasteiger partial charge in [-0.1, -0.05) is 0 Å². The van der Waals surface area contributed by atoms with Gasteiger partial charge in [-0.05, 0) is 13.0 Å². The molecule has 2 unspecified atom stereocenters. The maximum absolute atomic E-state index is 14.1. The highest BCUT2D eigenvalue weighted by molar-refractivity contribution is 5.94. The quantitative estimate of drug-likeness (QED) is 0.422. The Hall–Kier alpha value is -2.59. The molecule has 0 radical (unpaired) electrons. The molecule has 1 rings (SSSR count). The van der Waals surface area contributed by atoms with Crippen LogP contribution in [0.15, 0.2) is 12.1 Å². The first-order chi connectivity index (χ1) is 11.2. The van der Waals surface area contributed by atoms with E-state index in [-0.39, 0.29) is 6.61 Å². The number of aliphatic hydroxyl groups excluding tert-OH is 2. The Kier molecular flexibility index (Phi) is 6.74. The van der Waals surface area contributed by atoms with Crippen molar-refractivity contribution in [1.29, 1.82) is 0 Å². The number of halogens is 1. The highest BCUT2D eigenvalue weighted by atomic mass is 19.1. The molecule has 0 amide bonds. The van der Waals surface area contributed by atoms with Crippen molar-refractivity contribution in [2.75, 3.05) is 13.7 Å². The maximum atomic E-state index is 14.1. The monoisotopic (exact) mass is 345 g/mol. The molecule has 24 heavy (non-hydrogen) atoms. The first kappa shape index (κ1) is 19.5. The second-order valence-electron chi connectivity index (χ2n) is 4.66. The minimum Gasteiger partial charge on any atom is -0.466 e. The Morgan fingerprint density at radius 2 is 2.00 bits per heavy atom. The number of nitro groups is 1. The fourth-order valence-corrected chi connectivity index (χ4v) is 1.94. The zero-order valence-corrected chi connectivity index (χ0v) is 12.9. The maximum Gasteiger partial charge on any atom is 0.344 e. The molecule has 0 spiro atoms. The van der Waals surface area contributed by atoms with Crippen LogP contribution in [0.4, 0.5) is 10.1 Å². The van der Waals surface area contributed by atoms with Gasteiger partial charge in [0.05, 0.1) is 31.2 Å². The average Bonchev–Trinajstić information content (AvgIpc) is 2.52. The smallest absolute Gasteiger partial charge is 0.344 e. The van der Waals surface area contributed by atoms with Crippen molar-refractivity contribution in [3.8, 4) is 0 Å². The Morgan fingerprint density at radius 3 is 2.50 bits per heavy atom. The topological polar surface area (TPSA) is 136 Å². The third kappa shape index (κ3) is 4.46. The molecule has 1 aromatic carbocycles. The van der Waals surface area contributed by atoms with Crippen molar-refractivity contribution in [2.45, 2.75) is 25.6 Å². The highest BCUT2D eigenvalue weighted by Gasteiger charge is 2.30. The van der Waals surface area contributed by atoms with Crippen LogP contribution in [0.2, 0.25) is 0 Å². The lowest BCUT2D eigenvalue weighted by Crippen LogP contribution is -2.24. The van der Waals surface area contributed by atoms with E-state index in [0.29, 0.717) is 12.1 Å². The molecule has 0 saturated heterocycles. The first-order valence-electron chi connectivity index (χ1n) is 6.80. The lowest BCUT2D eigenvalue weighted by molar-refractivity contribution is -0.385. The number of carbonyl (C=O) groups excluding carboxylic acids is 2. The van der Waals surface area contributed by atoms with Gasteiger partial charge in [-0.3, -0.25) is 14.9 Å². The summed E-state index contributed by atoms with van der Waals surface area (Å²) < 4.78 is 23.0. The SMILES string of the molecule is CCOC(=O)CC(O)C(O)c1cc([N+](=O)[O-])c(C(=O)OC)cc1F. The number of hydrogen-bond donors (Lipinski definition) is 2. The molecule has 0 aliphatic heterocycles. The largest absolute Gasteiger partial charge is 0.466 e. The van der Waals surface area contributed by atoms with Crippen LogP contribution in [-0.2, 0) is 14.3 Å². The molecule has 0 aliphatic carbocycles. The lowest BCUT2D eigenvalue weighted by Gasteiger charge is -2.18. The molecule has 10 heteroatoms. The molecule has 132 valence electrons. The van der Waals surface area contributed by atoms with E-state index in [9.17, 15) is 34.3 Å². The third-order valence-electron chi connectivity index (χ3n) is 3.08. The van der Waals surface area contributed by atoms with Crippen molar-refractivity contribution in [2.24, 2.45) is 0 Å². The average molecular weight is 345 g/mol. The standard InChI is InChI=1S/C14H16FNO8/c1-3-24-12(18)6-11(17)13(19)7-5-10(16(21)22)8(4-9(7)15)14(20)23-2/h4-5,11,13,17,19H,3,6H2,1-2H3. The normalized spacial score (nSPS) is 13.0. The Balaban J connectivity index is 3.19. The molecule has 0 aromatic heterocycles. The van der Waals surface area contributed by atoms with Crippen LogP contribution in [0.5, 0.6) is 0 Å². The van der Waals surface area contributed by atoms with Crippen molar-refractivity contribution in [3.05, 3.63) is 39.2 Å². The number of esters is 2. The number of methoxy groups -OCH3 is 1. The van der Waals surface area contributed by atoms with E-state index in [1.165, 1.54) is 6.92 Å².